The van der Waals surface area contributed by atoms with Crippen LogP contribution in [0, 0.1) is 11.7 Å². The number of amides is 3. The molecular weight excluding hydrogens is 449 g/mol. The van der Waals surface area contributed by atoms with Crippen molar-refractivity contribution in [1.82, 2.24) is 15.5 Å². The summed E-state index contributed by atoms with van der Waals surface area (Å²) in [5.74, 6) is 0.0376. The summed E-state index contributed by atoms with van der Waals surface area (Å²) in [6.45, 7) is 2.23. The van der Waals surface area contributed by atoms with Crippen LogP contribution in [0.1, 0.15) is 44.1 Å². The molecule has 33 heavy (non-hydrogen) atoms. The normalized spacial score (nSPS) is 23.2. The van der Waals surface area contributed by atoms with Gasteiger partial charge in [0.05, 0.1) is 18.1 Å². The molecular formula is C23H32FN3O5S. The number of rotatable bonds is 12. The highest BCUT2D eigenvalue weighted by Crippen LogP contribution is 2.36. The Kier molecular flexibility index (Phi) is 7.23. The maximum Gasteiger partial charge on any atom is 0.324 e. The zero-order valence-corrected chi connectivity index (χ0v) is 19.6. The van der Waals surface area contributed by atoms with Gasteiger partial charge in [0, 0.05) is 18.5 Å². The molecule has 1 aromatic carbocycles. The number of halogens is 1. The third-order valence-corrected chi connectivity index (χ3v) is 8.61. The monoisotopic (exact) mass is 481 g/mol. The second-order valence-electron chi connectivity index (χ2n) is 9.53. The molecule has 3 fully saturated rings. The van der Waals surface area contributed by atoms with E-state index in [4.69, 9.17) is 4.74 Å². The molecule has 0 spiro atoms. The predicted octanol–water partition coefficient (Wildman–Crippen LogP) is 1.98. The molecule has 10 heteroatoms. The van der Waals surface area contributed by atoms with E-state index in [9.17, 15) is 22.4 Å². The van der Waals surface area contributed by atoms with Crippen LogP contribution in [0.15, 0.2) is 18.2 Å². The lowest BCUT2D eigenvalue weighted by Crippen LogP contribution is -2.37. The molecule has 0 bridgehead atoms. The number of nitrogens with one attached hydrogen (secondary N) is 2. The highest BCUT2D eigenvalue weighted by molar-refractivity contribution is 7.91. The predicted molar refractivity (Wildman–Crippen MR) is 121 cm³/mol. The third kappa shape index (κ3) is 6.23. The molecule has 1 aromatic rings. The first-order valence-corrected chi connectivity index (χ1v) is 13.5. The van der Waals surface area contributed by atoms with Crippen LogP contribution in [0.3, 0.4) is 0 Å². The average molecular weight is 482 g/mol. The molecule has 2 N–H and O–H groups in total. The first-order chi connectivity index (χ1) is 15.8. The Hall–Kier alpha value is -2.20. The fraction of sp³-hybridized carbons (Fsp3) is 0.652. The van der Waals surface area contributed by atoms with Crippen LogP contribution >= 0.6 is 0 Å². The minimum Gasteiger partial charge on any atom is -0.490 e. The molecule has 2 heterocycles. The minimum absolute atomic E-state index is 0.00370. The second-order valence-corrected chi connectivity index (χ2v) is 11.7. The Labute approximate surface area is 194 Å². The number of unbranched alkanes of at least 4 members (excludes halogenated alkanes) is 2. The first-order valence-electron chi connectivity index (χ1n) is 11.7. The molecule has 0 radical (unpaired) electrons. The van der Waals surface area contributed by atoms with Crippen LogP contribution in [0.25, 0.3) is 0 Å². The third-order valence-electron chi connectivity index (χ3n) is 6.71. The molecule has 8 nitrogen and oxygen atoms in total. The van der Waals surface area contributed by atoms with Gasteiger partial charge in [-0.3, -0.25) is 10.1 Å². The van der Waals surface area contributed by atoms with Crippen molar-refractivity contribution in [2.24, 2.45) is 5.92 Å². The first kappa shape index (κ1) is 23.9. The summed E-state index contributed by atoms with van der Waals surface area (Å²) < 4.78 is 46.0. The summed E-state index contributed by atoms with van der Waals surface area (Å²) in [6.07, 6.45) is 4.67. The molecule has 182 valence electrons. The van der Waals surface area contributed by atoms with Gasteiger partial charge >= 0.3 is 6.03 Å². The number of carbonyl (C=O) groups excluding carboxylic acids is 2. The van der Waals surface area contributed by atoms with E-state index in [1.54, 1.807) is 12.1 Å². The molecule has 3 aliphatic rings. The number of imide groups is 1. The summed E-state index contributed by atoms with van der Waals surface area (Å²) in [7, 11) is -3.35. The van der Waals surface area contributed by atoms with Crippen LogP contribution in [0.2, 0.25) is 0 Å². The Balaban J connectivity index is 1.33. The summed E-state index contributed by atoms with van der Waals surface area (Å²) in [6, 6.07) is 4.36. The van der Waals surface area contributed by atoms with E-state index in [0.29, 0.717) is 57.8 Å². The lowest BCUT2D eigenvalue weighted by atomic mass is 9.81. The van der Waals surface area contributed by atoms with E-state index in [1.165, 1.54) is 11.0 Å². The van der Waals surface area contributed by atoms with Gasteiger partial charge in [-0.2, -0.15) is 0 Å². The molecule has 1 aliphatic carbocycles. The SMILES string of the molecule is O=C1CN(CCCCCS(=O)(=O)CC2(c3ccc(F)c(OCC4CC4)c3)CCNC2)C(=O)N1. The van der Waals surface area contributed by atoms with E-state index in [0.717, 1.165) is 18.4 Å². The molecule has 1 saturated carbocycles. The Morgan fingerprint density at radius 3 is 2.67 bits per heavy atom. The van der Waals surface area contributed by atoms with Crippen LogP contribution in [0.5, 0.6) is 5.75 Å². The average Bonchev–Trinajstić information content (AvgIpc) is 3.38. The van der Waals surface area contributed by atoms with Crippen LogP contribution in [-0.2, 0) is 20.0 Å². The number of nitrogens with zero attached hydrogens (tertiary/aromatic N) is 1. The Bertz CT molecular complexity index is 990. The molecule has 1 unspecified atom stereocenters. The van der Waals surface area contributed by atoms with Crippen LogP contribution in [-0.4, -0.2) is 69.5 Å². The maximum absolute atomic E-state index is 14.3. The lowest BCUT2D eigenvalue weighted by molar-refractivity contribution is -0.118. The van der Waals surface area contributed by atoms with E-state index in [-0.39, 0.29) is 35.7 Å². The number of hydrogen-bond donors (Lipinski definition) is 2. The standard InChI is InChI=1S/C23H32FN3O5S/c24-19-7-6-18(12-20(19)32-14-17-4-5-17)23(8-9-25-15-23)16-33(30,31)11-3-1-2-10-27-13-21(28)26-22(27)29/h6-7,12,17,25H,1-5,8-11,13-16H2,(H,26,28,29). The van der Waals surface area contributed by atoms with Crippen molar-refractivity contribution in [2.45, 2.75) is 43.9 Å². The van der Waals surface area contributed by atoms with Crippen molar-refractivity contribution in [2.75, 3.05) is 44.3 Å². The maximum atomic E-state index is 14.3. The topological polar surface area (TPSA) is 105 Å². The van der Waals surface area contributed by atoms with Gasteiger partial charge in [-0.05, 0) is 62.3 Å². The van der Waals surface area contributed by atoms with Crippen LogP contribution in [0.4, 0.5) is 9.18 Å². The van der Waals surface area contributed by atoms with Crippen molar-refractivity contribution in [1.29, 1.82) is 0 Å². The Morgan fingerprint density at radius 1 is 1.18 bits per heavy atom. The van der Waals surface area contributed by atoms with Crippen molar-refractivity contribution in [3.05, 3.63) is 29.6 Å². The van der Waals surface area contributed by atoms with Gasteiger partial charge in [-0.15, -0.1) is 0 Å². The minimum atomic E-state index is -3.35. The van der Waals surface area contributed by atoms with Gasteiger partial charge in [0.1, 0.15) is 6.54 Å². The number of hydrogen-bond acceptors (Lipinski definition) is 6. The fourth-order valence-corrected chi connectivity index (χ4v) is 6.63. The Morgan fingerprint density at radius 2 is 2.00 bits per heavy atom. The van der Waals surface area contributed by atoms with Gasteiger partial charge in [0.15, 0.2) is 21.4 Å². The molecule has 4 rings (SSSR count). The molecule has 3 amide bonds. The largest absolute Gasteiger partial charge is 0.490 e. The van der Waals surface area contributed by atoms with Gasteiger partial charge in [-0.1, -0.05) is 12.5 Å². The summed E-state index contributed by atoms with van der Waals surface area (Å²) >= 11 is 0. The van der Waals surface area contributed by atoms with Gasteiger partial charge in [-0.25, -0.2) is 17.6 Å². The lowest BCUT2D eigenvalue weighted by Gasteiger charge is -2.29. The number of benzene rings is 1. The van der Waals surface area contributed by atoms with Crippen LogP contribution < -0.4 is 15.4 Å². The summed E-state index contributed by atoms with van der Waals surface area (Å²) in [4.78, 5) is 24.2. The zero-order chi connectivity index (χ0) is 23.5. The van der Waals surface area contributed by atoms with Gasteiger partial charge < -0.3 is 15.0 Å². The molecule has 0 aromatic heterocycles. The van der Waals surface area contributed by atoms with E-state index >= 15 is 0 Å². The second kappa shape index (κ2) is 9.97. The highest BCUT2D eigenvalue weighted by atomic mass is 32.2. The smallest absolute Gasteiger partial charge is 0.324 e. The number of carbonyl (C=O) groups is 2. The van der Waals surface area contributed by atoms with Gasteiger partial charge in [0.2, 0.25) is 5.91 Å². The fourth-order valence-electron chi connectivity index (χ4n) is 4.59. The zero-order valence-electron chi connectivity index (χ0n) is 18.8. The van der Waals surface area contributed by atoms with E-state index in [2.05, 4.69) is 10.6 Å². The summed E-state index contributed by atoms with van der Waals surface area (Å²) in [5, 5.41) is 5.50. The molecule has 2 aliphatic heterocycles. The highest BCUT2D eigenvalue weighted by Gasteiger charge is 2.40. The van der Waals surface area contributed by atoms with Crippen molar-refractivity contribution >= 4 is 21.8 Å². The van der Waals surface area contributed by atoms with Crippen molar-refractivity contribution in [3.8, 4) is 5.75 Å². The van der Waals surface area contributed by atoms with Gasteiger partial charge in [0.25, 0.3) is 0 Å². The quantitative estimate of drug-likeness (QED) is 0.349. The van der Waals surface area contributed by atoms with Crippen molar-refractivity contribution in [3.63, 3.8) is 0 Å². The number of sulfone groups is 1. The van der Waals surface area contributed by atoms with E-state index in [1.807, 2.05) is 0 Å². The molecule has 2 saturated heterocycles. The van der Waals surface area contributed by atoms with Crippen molar-refractivity contribution < 1.29 is 27.1 Å². The number of urea groups is 1. The van der Waals surface area contributed by atoms with E-state index < -0.39 is 21.1 Å². The number of ether oxygens (including phenoxy) is 1. The summed E-state index contributed by atoms with van der Waals surface area (Å²) in [5.41, 5.74) is 0.200. The molecule has 1 atom stereocenters.